The van der Waals surface area contributed by atoms with E-state index in [9.17, 15) is 19.2 Å². The van der Waals surface area contributed by atoms with Crippen molar-refractivity contribution in [3.63, 3.8) is 0 Å². The van der Waals surface area contributed by atoms with E-state index in [0.717, 1.165) is 4.47 Å². The van der Waals surface area contributed by atoms with Crippen LogP contribution in [0.3, 0.4) is 0 Å². The molecule has 2 aromatic carbocycles. The Morgan fingerprint density at radius 3 is 1.83 bits per heavy atom. The summed E-state index contributed by atoms with van der Waals surface area (Å²) in [5, 5.41) is -0.836. The van der Waals surface area contributed by atoms with Gasteiger partial charge >= 0.3 is 5.97 Å². The van der Waals surface area contributed by atoms with Gasteiger partial charge in [0.25, 0.3) is 11.8 Å². The number of fused-ring (bicyclic) bond motifs is 1. The molecule has 1 aliphatic heterocycles. The third-order valence-corrected chi connectivity index (χ3v) is 6.33. The van der Waals surface area contributed by atoms with Crippen LogP contribution < -0.4 is 0 Å². The smallest absolute Gasteiger partial charge is 0.326 e. The fourth-order valence-corrected chi connectivity index (χ4v) is 3.86. The number of nitrogens with zero attached hydrogens (tertiary/aromatic N) is 1. The molecule has 0 N–H and O–H groups in total. The molecule has 0 radical (unpaired) electrons. The van der Waals surface area contributed by atoms with E-state index in [2.05, 4.69) is 15.9 Å². The molecule has 1 heterocycles. The zero-order chi connectivity index (χ0) is 21.5. The Morgan fingerprint density at radius 1 is 0.862 bits per heavy atom. The van der Waals surface area contributed by atoms with Gasteiger partial charge in [0.2, 0.25) is 0 Å². The molecule has 0 spiro atoms. The summed E-state index contributed by atoms with van der Waals surface area (Å²) in [6, 6.07) is 6.44. The lowest BCUT2D eigenvalue weighted by Gasteiger charge is -2.13. The maximum absolute atomic E-state index is 12.6. The number of halogens is 5. The van der Waals surface area contributed by atoms with Crippen LogP contribution in [0.5, 0.6) is 0 Å². The SMILES string of the molecule is O=C(CN1C(=O)c2c(Cl)c(Cl)c(Cl)c(Cl)c2C1=O)OCC(=O)c1ccc(Br)cc1. The van der Waals surface area contributed by atoms with Crippen LogP contribution in [0.25, 0.3) is 0 Å². The molecule has 0 unspecified atom stereocenters. The van der Waals surface area contributed by atoms with Crippen LogP contribution in [0.15, 0.2) is 28.7 Å². The molecule has 0 atom stereocenters. The lowest BCUT2D eigenvalue weighted by Crippen LogP contribution is -2.36. The molecule has 1 aliphatic rings. The number of ketones is 1. The Hall–Kier alpha value is -1.64. The zero-order valence-electron chi connectivity index (χ0n) is 14.1. The number of Topliss-reactive ketones (excluding diaryl/α,β-unsaturated/α-hetero) is 1. The average Bonchev–Trinajstić information content (AvgIpc) is 2.94. The summed E-state index contributed by atoms with van der Waals surface area (Å²) in [6.45, 7) is -1.29. The lowest BCUT2D eigenvalue weighted by molar-refractivity contribution is -0.142. The summed E-state index contributed by atoms with van der Waals surface area (Å²) in [4.78, 5) is 49.9. The zero-order valence-corrected chi connectivity index (χ0v) is 18.7. The summed E-state index contributed by atoms with van der Waals surface area (Å²) >= 11 is 27.1. The number of amides is 2. The van der Waals surface area contributed by atoms with E-state index >= 15 is 0 Å². The number of benzene rings is 2. The van der Waals surface area contributed by atoms with Gasteiger partial charge in [-0.05, 0) is 12.1 Å². The van der Waals surface area contributed by atoms with Crippen LogP contribution in [-0.4, -0.2) is 41.6 Å². The minimum absolute atomic E-state index is 0.178. The minimum Gasteiger partial charge on any atom is -0.456 e. The van der Waals surface area contributed by atoms with E-state index in [-0.39, 0.29) is 31.2 Å². The van der Waals surface area contributed by atoms with Gasteiger partial charge in [-0.2, -0.15) is 0 Å². The Balaban J connectivity index is 1.71. The molecule has 2 amide bonds. The fourth-order valence-electron chi connectivity index (χ4n) is 2.58. The maximum atomic E-state index is 12.6. The highest BCUT2D eigenvalue weighted by Gasteiger charge is 2.42. The number of rotatable bonds is 5. The van der Waals surface area contributed by atoms with Crippen molar-refractivity contribution in [3.05, 3.63) is 65.5 Å². The standard InChI is InChI=1S/C18H8BrCl4NO5/c19-8-3-1-7(2-4-8)9(25)6-29-10(26)5-24-17(27)11-12(18(24)28)14(21)16(23)15(22)13(11)20/h1-4H,5-6H2. The summed E-state index contributed by atoms with van der Waals surface area (Å²) < 4.78 is 5.68. The maximum Gasteiger partial charge on any atom is 0.326 e. The predicted molar refractivity (Wildman–Crippen MR) is 111 cm³/mol. The number of hydrogen-bond acceptors (Lipinski definition) is 5. The van der Waals surface area contributed by atoms with Crippen LogP contribution in [-0.2, 0) is 9.53 Å². The van der Waals surface area contributed by atoms with Crippen LogP contribution in [0, 0.1) is 0 Å². The van der Waals surface area contributed by atoms with E-state index in [1.165, 1.54) is 0 Å². The highest BCUT2D eigenvalue weighted by atomic mass is 79.9. The molecule has 150 valence electrons. The van der Waals surface area contributed by atoms with Crippen molar-refractivity contribution in [2.75, 3.05) is 13.2 Å². The Labute approximate surface area is 192 Å². The normalized spacial score (nSPS) is 12.9. The Bertz CT molecular complexity index is 1020. The third-order valence-electron chi connectivity index (χ3n) is 4.00. The molecule has 0 aromatic heterocycles. The van der Waals surface area contributed by atoms with Gasteiger partial charge in [0.05, 0.1) is 31.2 Å². The molecule has 0 saturated carbocycles. The van der Waals surface area contributed by atoms with Gasteiger partial charge in [0.15, 0.2) is 12.4 Å². The lowest BCUT2D eigenvalue weighted by atomic mass is 10.1. The number of esters is 1. The summed E-state index contributed by atoms with van der Waals surface area (Å²) in [5.74, 6) is -3.15. The first kappa shape index (κ1) is 22.1. The van der Waals surface area contributed by atoms with Crippen LogP contribution >= 0.6 is 62.3 Å². The van der Waals surface area contributed by atoms with Crippen molar-refractivity contribution < 1.29 is 23.9 Å². The second-order valence-corrected chi connectivity index (χ2v) is 8.22. The fraction of sp³-hybridized carbons (Fsp3) is 0.111. The van der Waals surface area contributed by atoms with E-state index in [1.54, 1.807) is 24.3 Å². The average molecular weight is 540 g/mol. The minimum atomic E-state index is -0.964. The van der Waals surface area contributed by atoms with Crippen LogP contribution in [0.2, 0.25) is 20.1 Å². The van der Waals surface area contributed by atoms with Crippen molar-refractivity contribution in [1.82, 2.24) is 4.90 Å². The molecule has 29 heavy (non-hydrogen) atoms. The van der Waals surface area contributed by atoms with Gasteiger partial charge in [-0.1, -0.05) is 74.5 Å². The van der Waals surface area contributed by atoms with Gasteiger partial charge < -0.3 is 4.74 Å². The van der Waals surface area contributed by atoms with Crippen LogP contribution in [0.4, 0.5) is 0 Å². The summed E-state index contributed by atoms with van der Waals surface area (Å²) in [6.07, 6.45) is 0. The molecular formula is C18H8BrCl4NO5. The van der Waals surface area contributed by atoms with Gasteiger partial charge in [-0.25, -0.2) is 0 Å². The van der Waals surface area contributed by atoms with E-state index in [1.807, 2.05) is 0 Å². The monoisotopic (exact) mass is 537 g/mol. The second kappa shape index (κ2) is 8.62. The van der Waals surface area contributed by atoms with E-state index in [0.29, 0.717) is 10.5 Å². The van der Waals surface area contributed by atoms with Gasteiger partial charge in [-0.15, -0.1) is 0 Å². The topological polar surface area (TPSA) is 80.8 Å². The summed E-state index contributed by atoms with van der Waals surface area (Å²) in [5.41, 5.74) is -0.144. The molecule has 2 aromatic rings. The number of imide groups is 1. The first-order valence-corrected chi connectivity index (χ1v) is 10.1. The molecule has 0 saturated heterocycles. The van der Waals surface area contributed by atoms with Gasteiger partial charge in [0, 0.05) is 10.0 Å². The molecule has 0 bridgehead atoms. The first-order chi connectivity index (χ1) is 13.6. The largest absolute Gasteiger partial charge is 0.456 e. The Kier molecular flexibility index (Phi) is 6.55. The number of hydrogen-bond donors (Lipinski definition) is 0. The highest BCUT2D eigenvalue weighted by molar-refractivity contribution is 9.10. The van der Waals surface area contributed by atoms with Crippen molar-refractivity contribution in [3.8, 4) is 0 Å². The van der Waals surface area contributed by atoms with Crippen molar-refractivity contribution in [2.24, 2.45) is 0 Å². The third kappa shape index (κ3) is 4.15. The molecule has 11 heteroatoms. The highest BCUT2D eigenvalue weighted by Crippen LogP contribution is 2.44. The van der Waals surface area contributed by atoms with Crippen LogP contribution in [0.1, 0.15) is 31.1 Å². The molecule has 0 aliphatic carbocycles. The molecular weight excluding hydrogens is 532 g/mol. The quantitative estimate of drug-likeness (QED) is 0.174. The summed E-state index contributed by atoms with van der Waals surface area (Å²) in [7, 11) is 0. The van der Waals surface area contributed by atoms with Crippen molar-refractivity contribution in [2.45, 2.75) is 0 Å². The number of ether oxygens (including phenoxy) is 1. The van der Waals surface area contributed by atoms with E-state index in [4.69, 9.17) is 51.1 Å². The predicted octanol–water partition coefficient (Wildman–Crippen LogP) is 5.08. The molecule has 3 rings (SSSR count). The number of carbonyl (C=O) groups excluding carboxylic acids is 4. The van der Waals surface area contributed by atoms with Gasteiger partial charge in [0.1, 0.15) is 6.54 Å². The van der Waals surface area contributed by atoms with Crippen molar-refractivity contribution >= 4 is 85.9 Å². The molecule has 0 fully saturated rings. The van der Waals surface area contributed by atoms with E-state index < -0.39 is 36.7 Å². The Morgan fingerprint density at radius 2 is 1.34 bits per heavy atom. The van der Waals surface area contributed by atoms with Crippen molar-refractivity contribution in [1.29, 1.82) is 0 Å². The van der Waals surface area contributed by atoms with Gasteiger partial charge in [-0.3, -0.25) is 24.1 Å². The molecule has 6 nitrogen and oxygen atoms in total. The number of carbonyl (C=O) groups is 4. The second-order valence-electron chi connectivity index (χ2n) is 5.79. The first-order valence-electron chi connectivity index (χ1n) is 7.80.